The van der Waals surface area contributed by atoms with Crippen LogP contribution in [0.5, 0.6) is 0 Å². The highest BCUT2D eigenvalue weighted by Gasteiger charge is 2.09. The Bertz CT molecular complexity index is 772. The molecule has 0 radical (unpaired) electrons. The molecule has 0 atom stereocenters. The summed E-state index contributed by atoms with van der Waals surface area (Å²) < 4.78 is 0. The molecular formula is C20H18. The Morgan fingerprint density at radius 1 is 0.550 bits per heavy atom. The SMILES string of the molecule is CCc1cc2ccc3cc(CC)cc4ccc(c1)c2c34. The molecule has 0 saturated carbocycles. The lowest BCUT2D eigenvalue weighted by Crippen LogP contribution is -1.89. The van der Waals surface area contributed by atoms with Crippen molar-refractivity contribution in [2.75, 3.05) is 0 Å². The summed E-state index contributed by atoms with van der Waals surface area (Å²) in [6.07, 6.45) is 2.19. The second-order valence-corrected chi connectivity index (χ2v) is 5.67. The molecule has 98 valence electrons. The number of hydrogen-bond acceptors (Lipinski definition) is 0. The van der Waals surface area contributed by atoms with E-state index in [0.29, 0.717) is 0 Å². The first-order valence-corrected chi connectivity index (χ1v) is 7.50. The van der Waals surface area contributed by atoms with E-state index in [1.165, 1.54) is 43.4 Å². The third-order valence-electron chi connectivity index (χ3n) is 4.47. The third kappa shape index (κ3) is 1.54. The van der Waals surface area contributed by atoms with E-state index in [2.05, 4.69) is 62.4 Å². The predicted octanol–water partition coefficient (Wildman–Crippen LogP) is 5.71. The van der Waals surface area contributed by atoms with Gasteiger partial charge in [0.15, 0.2) is 0 Å². The molecule has 0 aromatic heterocycles. The summed E-state index contributed by atoms with van der Waals surface area (Å²) in [6.45, 7) is 4.45. The average molecular weight is 258 g/mol. The third-order valence-corrected chi connectivity index (χ3v) is 4.47. The van der Waals surface area contributed by atoms with Gasteiger partial charge < -0.3 is 0 Å². The fraction of sp³-hybridized carbons (Fsp3) is 0.200. The van der Waals surface area contributed by atoms with Crippen molar-refractivity contribution in [3.05, 3.63) is 59.7 Å². The van der Waals surface area contributed by atoms with Crippen LogP contribution in [0.3, 0.4) is 0 Å². The zero-order chi connectivity index (χ0) is 13.7. The van der Waals surface area contributed by atoms with Crippen molar-refractivity contribution in [1.29, 1.82) is 0 Å². The highest BCUT2D eigenvalue weighted by Crippen LogP contribution is 2.36. The van der Waals surface area contributed by atoms with Crippen LogP contribution < -0.4 is 0 Å². The molecule has 0 bridgehead atoms. The van der Waals surface area contributed by atoms with Gasteiger partial charge in [0.2, 0.25) is 0 Å². The number of aryl methyl sites for hydroxylation is 2. The van der Waals surface area contributed by atoms with Crippen LogP contribution >= 0.6 is 0 Å². The molecule has 0 saturated heterocycles. The van der Waals surface area contributed by atoms with Crippen molar-refractivity contribution in [1.82, 2.24) is 0 Å². The van der Waals surface area contributed by atoms with Gasteiger partial charge in [-0.2, -0.15) is 0 Å². The first kappa shape index (κ1) is 11.7. The van der Waals surface area contributed by atoms with Gasteiger partial charge in [0, 0.05) is 0 Å². The maximum Gasteiger partial charge on any atom is -0.00266 e. The number of hydrogen-bond donors (Lipinski definition) is 0. The molecule has 0 aliphatic heterocycles. The van der Waals surface area contributed by atoms with Gasteiger partial charge >= 0.3 is 0 Å². The Labute approximate surface area is 119 Å². The van der Waals surface area contributed by atoms with Crippen molar-refractivity contribution in [2.45, 2.75) is 26.7 Å². The van der Waals surface area contributed by atoms with Crippen LogP contribution in [0.1, 0.15) is 25.0 Å². The maximum atomic E-state index is 2.34. The Kier molecular flexibility index (Phi) is 2.47. The minimum absolute atomic E-state index is 1.09. The Morgan fingerprint density at radius 3 is 1.10 bits per heavy atom. The number of benzene rings is 4. The topological polar surface area (TPSA) is 0 Å². The van der Waals surface area contributed by atoms with Gasteiger partial charge in [0.25, 0.3) is 0 Å². The van der Waals surface area contributed by atoms with Crippen LogP contribution in [0, 0.1) is 0 Å². The fourth-order valence-electron chi connectivity index (χ4n) is 3.37. The smallest absolute Gasteiger partial charge is 0.00266 e. The predicted molar refractivity (Wildman–Crippen MR) is 88.9 cm³/mol. The molecule has 0 aliphatic carbocycles. The minimum atomic E-state index is 1.09. The van der Waals surface area contributed by atoms with E-state index in [1.807, 2.05) is 0 Å². The van der Waals surface area contributed by atoms with Crippen molar-refractivity contribution in [2.24, 2.45) is 0 Å². The molecule has 4 aromatic rings. The monoisotopic (exact) mass is 258 g/mol. The Morgan fingerprint density at radius 2 is 0.850 bits per heavy atom. The van der Waals surface area contributed by atoms with E-state index in [0.717, 1.165) is 12.8 Å². The van der Waals surface area contributed by atoms with E-state index in [4.69, 9.17) is 0 Å². The number of rotatable bonds is 2. The van der Waals surface area contributed by atoms with Crippen molar-refractivity contribution in [3.63, 3.8) is 0 Å². The first-order valence-electron chi connectivity index (χ1n) is 7.50. The van der Waals surface area contributed by atoms with Gasteiger partial charge in [0.05, 0.1) is 0 Å². The van der Waals surface area contributed by atoms with Crippen molar-refractivity contribution < 1.29 is 0 Å². The zero-order valence-corrected chi connectivity index (χ0v) is 12.0. The Balaban J connectivity index is 2.24. The highest BCUT2D eigenvalue weighted by atomic mass is 14.1. The quantitative estimate of drug-likeness (QED) is 0.404. The molecule has 0 fully saturated rings. The van der Waals surface area contributed by atoms with Crippen LogP contribution in [0.2, 0.25) is 0 Å². The molecular weight excluding hydrogens is 240 g/mol. The molecule has 0 nitrogen and oxygen atoms in total. The molecule has 4 aromatic carbocycles. The van der Waals surface area contributed by atoms with Gasteiger partial charge in [-0.15, -0.1) is 0 Å². The summed E-state index contributed by atoms with van der Waals surface area (Å²) in [6, 6.07) is 18.5. The van der Waals surface area contributed by atoms with Gasteiger partial charge in [-0.05, 0) is 56.3 Å². The van der Waals surface area contributed by atoms with Gasteiger partial charge in [-0.3, -0.25) is 0 Å². The summed E-state index contributed by atoms with van der Waals surface area (Å²) in [5.74, 6) is 0. The lowest BCUT2D eigenvalue weighted by molar-refractivity contribution is 1.15. The summed E-state index contributed by atoms with van der Waals surface area (Å²) >= 11 is 0. The molecule has 0 heterocycles. The van der Waals surface area contributed by atoms with Gasteiger partial charge in [-0.25, -0.2) is 0 Å². The van der Waals surface area contributed by atoms with Crippen LogP contribution in [0.15, 0.2) is 48.5 Å². The standard InChI is InChI=1S/C20H18/c1-3-13-9-15-5-7-17-11-14(4-2)12-18-8-6-16(10-13)19(15)20(17)18/h5-12H,3-4H2,1-2H3. The first-order chi connectivity index (χ1) is 9.80. The maximum absolute atomic E-state index is 2.34. The second-order valence-electron chi connectivity index (χ2n) is 5.67. The van der Waals surface area contributed by atoms with Crippen LogP contribution in [-0.4, -0.2) is 0 Å². The average Bonchev–Trinajstić information content (AvgIpc) is 2.51. The largest absolute Gasteiger partial charge is 0.0613 e. The van der Waals surface area contributed by atoms with E-state index in [1.54, 1.807) is 0 Å². The zero-order valence-electron chi connectivity index (χ0n) is 12.0. The molecule has 0 unspecified atom stereocenters. The van der Waals surface area contributed by atoms with E-state index < -0.39 is 0 Å². The summed E-state index contributed by atoms with van der Waals surface area (Å²) in [4.78, 5) is 0. The van der Waals surface area contributed by atoms with E-state index in [-0.39, 0.29) is 0 Å². The van der Waals surface area contributed by atoms with Crippen molar-refractivity contribution in [3.8, 4) is 0 Å². The molecule has 4 rings (SSSR count). The lowest BCUT2D eigenvalue weighted by atomic mass is 9.91. The van der Waals surface area contributed by atoms with E-state index >= 15 is 0 Å². The van der Waals surface area contributed by atoms with Crippen LogP contribution in [0.25, 0.3) is 32.3 Å². The Hall–Kier alpha value is -2.08. The second kappa shape index (κ2) is 4.21. The molecule has 0 amide bonds. The molecule has 0 spiro atoms. The summed E-state index contributed by atoms with van der Waals surface area (Å²) in [5, 5.41) is 8.37. The van der Waals surface area contributed by atoms with Gasteiger partial charge in [-0.1, -0.05) is 62.4 Å². The molecule has 0 N–H and O–H groups in total. The van der Waals surface area contributed by atoms with Gasteiger partial charge in [0.1, 0.15) is 0 Å². The molecule has 0 aliphatic rings. The normalized spacial score (nSPS) is 11.9. The van der Waals surface area contributed by atoms with E-state index in [9.17, 15) is 0 Å². The highest BCUT2D eigenvalue weighted by molar-refractivity contribution is 6.23. The minimum Gasteiger partial charge on any atom is -0.0613 e. The summed E-state index contributed by atoms with van der Waals surface area (Å²) in [5.41, 5.74) is 2.84. The van der Waals surface area contributed by atoms with Crippen LogP contribution in [0.4, 0.5) is 0 Å². The fourth-order valence-corrected chi connectivity index (χ4v) is 3.37. The lowest BCUT2D eigenvalue weighted by Gasteiger charge is -2.13. The van der Waals surface area contributed by atoms with Crippen LogP contribution in [-0.2, 0) is 12.8 Å². The summed E-state index contributed by atoms with van der Waals surface area (Å²) in [7, 11) is 0. The molecule has 0 heteroatoms. The molecule has 20 heavy (non-hydrogen) atoms. The van der Waals surface area contributed by atoms with Crippen molar-refractivity contribution >= 4 is 32.3 Å².